The molecule has 0 amide bonds. The molecule has 0 aliphatic carbocycles. The van der Waals surface area contributed by atoms with Crippen molar-refractivity contribution in [2.24, 2.45) is 5.73 Å². The SMILES string of the molecule is CC(c1ccccc1)C(CN)N(C)Cc1ccc(Cl)s1. The summed E-state index contributed by atoms with van der Waals surface area (Å²) in [5.74, 6) is 0.404. The number of hydrogen-bond acceptors (Lipinski definition) is 3. The minimum Gasteiger partial charge on any atom is -0.329 e. The van der Waals surface area contributed by atoms with Gasteiger partial charge in [-0.05, 0) is 30.7 Å². The first-order valence-electron chi connectivity index (χ1n) is 6.81. The van der Waals surface area contributed by atoms with E-state index >= 15 is 0 Å². The summed E-state index contributed by atoms with van der Waals surface area (Å²) >= 11 is 7.63. The number of benzene rings is 1. The Bertz CT molecular complexity index is 526. The van der Waals surface area contributed by atoms with Crippen molar-refractivity contribution in [2.75, 3.05) is 13.6 Å². The molecule has 0 saturated heterocycles. The average Bonchev–Trinajstić information content (AvgIpc) is 2.85. The van der Waals surface area contributed by atoms with E-state index in [9.17, 15) is 0 Å². The third kappa shape index (κ3) is 3.83. The topological polar surface area (TPSA) is 29.3 Å². The number of hydrogen-bond donors (Lipinski definition) is 1. The maximum atomic E-state index is 6.01. The van der Waals surface area contributed by atoms with Gasteiger partial charge >= 0.3 is 0 Å². The first kappa shape index (κ1) is 15.5. The molecule has 1 aromatic carbocycles. The van der Waals surface area contributed by atoms with Gasteiger partial charge in [-0.2, -0.15) is 0 Å². The third-order valence-electron chi connectivity index (χ3n) is 3.74. The summed E-state index contributed by atoms with van der Waals surface area (Å²) in [4.78, 5) is 3.59. The minimum absolute atomic E-state index is 0.318. The van der Waals surface area contributed by atoms with Crippen LogP contribution in [0.25, 0.3) is 0 Å². The van der Waals surface area contributed by atoms with Gasteiger partial charge < -0.3 is 5.73 Å². The minimum atomic E-state index is 0.318. The molecule has 0 aliphatic rings. The predicted molar refractivity (Wildman–Crippen MR) is 88.5 cm³/mol. The summed E-state index contributed by atoms with van der Waals surface area (Å²) in [6.45, 7) is 3.77. The molecule has 1 heterocycles. The quantitative estimate of drug-likeness (QED) is 0.875. The lowest BCUT2D eigenvalue weighted by atomic mass is 9.92. The molecule has 0 bridgehead atoms. The lowest BCUT2D eigenvalue weighted by molar-refractivity contribution is 0.214. The van der Waals surface area contributed by atoms with Gasteiger partial charge in [0.2, 0.25) is 0 Å². The second kappa shape index (κ2) is 7.23. The number of nitrogens with zero attached hydrogens (tertiary/aromatic N) is 1. The van der Waals surface area contributed by atoms with Crippen LogP contribution in [0.5, 0.6) is 0 Å². The lowest BCUT2D eigenvalue weighted by Crippen LogP contribution is -2.41. The fourth-order valence-electron chi connectivity index (χ4n) is 2.54. The molecule has 0 aliphatic heterocycles. The standard InChI is InChI=1S/C16H21ClN2S/c1-12(13-6-4-3-5-7-13)15(10-18)19(2)11-14-8-9-16(17)20-14/h3-9,12,15H,10-11,18H2,1-2H3. The Morgan fingerprint density at radius 2 is 1.90 bits per heavy atom. The van der Waals surface area contributed by atoms with Crippen LogP contribution in [0, 0.1) is 0 Å². The molecule has 0 fully saturated rings. The molecule has 2 nitrogen and oxygen atoms in total. The molecule has 20 heavy (non-hydrogen) atoms. The molecular weight excluding hydrogens is 288 g/mol. The van der Waals surface area contributed by atoms with Crippen molar-refractivity contribution in [2.45, 2.75) is 25.4 Å². The molecule has 2 unspecified atom stereocenters. The van der Waals surface area contributed by atoms with Crippen molar-refractivity contribution >= 4 is 22.9 Å². The number of rotatable bonds is 6. The molecule has 0 radical (unpaired) electrons. The lowest BCUT2D eigenvalue weighted by Gasteiger charge is -2.32. The number of thiophene rings is 1. The summed E-state index contributed by atoms with van der Waals surface area (Å²) in [6, 6.07) is 14.9. The van der Waals surface area contributed by atoms with Crippen LogP contribution in [0.15, 0.2) is 42.5 Å². The predicted octanol–water partition coefficient (Wildman–Crippen LogP) is 3.96. The van der Waals surface area contributed by atoms with Crippen molar-refractivity contribution in [1.82, 2.24) is 4.90 Å². The highest BCUT2D eigenvalue weighted by atomic mass is 35.5. The molecule has 1 aromatic heterocycles. The zero-order valence-corrected chi connectivity index (χ0v) is 13.5. The summed E-state index contributed by atoms with van der Waals surface area (Å²) in [6.07, 6.45) is 0. The Morgan fingerprint density at radius 3 is 2.45 bits per heavy atom. The van der Waals surface area contributed by atoms with Gasteiger partial charge in [0.15, 0.2) is 0 Å². The van der Waals surface area contributed by atoms with Crippen molar-refractivity contribution in [1.29, 1.82) is 0 Å². The maximum Gasteiger partial charge on any atom is 0.0931 e. The fraction of sp³-hybridized carbons (Fsp3) is 0.375. The summed E-state index contributed by atoms with van der Waals surface area (Å²) in [5.41, 5.74) is 7.34. The van der Waals surface area contributed by atoms with E-state index in [4.69, 9.17) is 17.3 Å². The van der Waals surface area contributed by atoms with Crippen molar-refractivity contribution in [3.05, 3.63) is 57.2 Å². The molecule has 4 heteroatoms. The monoisotopic (exact) mass is 308 g/mol. The summed E-state index contributed by atoms with van der Waals surface area (Å²) in [7, 11) is 2.13. The van der Waals surface area contributed by atoms with Crippen LogP contribution in [0.3, 0.4) is 0 Å². The van der Waals surface area contributed by atoms with Crippen LogP contribution < -0.4 is 5.73 Å². The van der Waals surface area contributed by atoms with E-state index in [2.05, 4.69) is 49.2 Å². The van der Waals surface area contributed by atoms with E-state index in [1.807, 2.05) is 12.1 Å². The molecular formula is C16H21ClN2S. The van der Waals surface area contributed by atoms with E-state index in [1.165, 1.54) is 10.4 Å². The first-order valence-corrected chi connectivity index (χ1v) is 8.00. The van der Waals surface area contributed by atoms with Crippen molar-refractivity contribution < 1.29 is 0 Å². The highest BCUT2D eigenvalue weighted by Gasteiger charge is 2.22. The van der Waals surface area contributed by atoms with E-state index < -0.39 is 0 Å². The molecule has 2 atom stereocenters. The second-order valence-corrected chi connectivity index (χ2v) is 6.92. The van der Waals surface area contributed by atoms with Gasteiger partial charge in [0, 0.05) is 24.0 Å². The molecule has 2 aromatic rings. The highest BCUT2D eigenvalue weighted by molar-refractivity contribution is 7.16. The van der Waals surface area contributed by atoms with Crippen LogP contribution in [-0.4, -0.2) is 24.5 Å². The van der Waals surface area contributed by atoms with Gasteiger partial charge in [-0.3, -0.25) is 4.90 Å². The molecule has 2 rings (SSSR count). The Kier molecular flexibility index (Phi) is 5.61. The summed E-state index contributed by atoms with van der Waals surface area (Å²) in [5, 5.41) is 0. The average molecular weight is 309 g/mol. The largest absolute Gasteiger partial charge is 0.329 e. The zero-order valence-electron chi connectivity index (χ0n) is 11.9. The van der Waals surface area contributed by atoms with Gasteiger partial charge in [-0.15, -0.1) is 11.3 Å². The molecule has 0 spiro atoms. The maximum absolute atomic E-state index is 6.01. The van der Waals surface area contributed by atoms with E-state index in [1.54, 1.807) is 11.3 Å². The van der Waals surface area contributed by atoms with Gasteiger partial charge in [0.05, 0.1) is 4.34 Å². The Morgan fingerprint density at radius 1 is 1.20 bits per heavy atom. The van der Waals surface area contributed by atoms with Gasteiger partial charge in [-0.25, -0.2) is 0 Å². The Hall–Kier alpha value is -0.870. The van der Waals surface area contributed by atoms with E-state index in [0.717, 1.165) is 10.9 Å². The van der Waals surface area contributed by atoms with Gasteiger partial charge in [-0.1, -0.05) is 48.9 Å². The molecule has 108 valence electrons. The van der Waals surface area contributed by atoms with Gasteiger partial charge in [0.1, 0.15) is 0 Å². The number of likely N-dealkylation sites (N-methyl/N-ethyl adjacent to an activating group) is 1. The van der Waals surface area contributed by atoms with Crippen molar-refractivity contribution in [3.8, 4) is 0 Å². The highest BCUT2D eigenvalue weighted by Crippen LogP contribution is 2.26. The Labute approximate surface area is 130 Å². The molecule has 2 N–H and O–H groups in total. The molecule has 0 saturated carbocycles. The normalized spacial score (nSPS) is 14.4. The van der Waals surface area contributed by atoms with Crippen LogP contribution in [0.2, 0.25) is 4.34 Å². The van der Waals surface area contributed by atoms with Crippen molar-refractivity contribution in [3.63, 3.8) is 0 Å². The second-order valence-electron chi connectivity index (χ2n) is 5.12. The Balaban J connectivity index is 2.07. The van der Waals surface area contributed by atoms with Gasteiger partial charge in [0.25, 0.3) is 0 Å². The first-order chi connectivity index (χ1) is 9.61. The van der Waals surface area contributed by atoms with E-state index in [0.29, 0.717) is 18.5 Å². The smallest absolute Gasteiger partial charge is 0.0931 e. The van der Waals surface area contributed by atoms with Crippen LogP contribution >= 0.6 is 22.9 Å². The van der Waals surface area contributed by atoms with Crippen LogP contribution in [0.1, 0.15) is 23.3 Å². The number of nitrogens with two attached hydrogens (primary N) is 1. The zero-order chi connectivity index (χ0) is 14.5. The van der Waals surface area contributed by atoms with Crippen LogP contribution in [0.4, 0.5) is 0 Å². The van der Waals surface area contributed by atoms with E-state index in [-0.39, 0.29) is 0 Å². The van der Waals surface area contributed by atoms with Crippen LogP contribution in [-0.2, 0) is 6.54 Å². The number of halogens is 1. The summed E-state index contributed by atoms with van der Waals surface area (Å²) < 4.78 is 0.841. The fourth-order valence-corrected chi connectivity index (χ4v) is 3.70. The third-order valence-corrected chi connectivity index (χ3v) is 4.96.